The number of aliphatic hydroxyl groups excluding tert-OH is 1. The fraction of sp³-hybridized carbons (Fsp3) is 0.607. The van der Waals surface area contributed by atoms with Crippen LogP contribution in [-0.2, 0) is 0 Å². The first-order valence-electron chi connectivity index (χ1n) is 13.8. The molecule has 0 unspecified atom stereocenters. The second kappa shape index (κ2) is 11.6. The van der Waals surface area contributed by atoms with E-state index in [9.17, 15) is 18.7 Å². The highest BCUT2D eigenvalue weighted by Gasteiger charge is 2.35. The van der Waals surface area contributed by atoms with Crippen LogP contribution in [0.15, 0.2) is 24.4 Å². The van der Waals surface area contributed by atoms with E-state index in [1.54, 1.807) is 12.3 Å². The molecule has 2 saturated heterocycles. The second-order valence-corrected chi connectivity index (χ2v) is 10.8. The highest BCUT2D eigenvalue weighted by Crippen LogP contribution is 2.30. The van der Waals surface area contributed by atoms with Crippen LogP contribution < -0.4 is 10.2 Å². The van der Waals surface area contributed by atoms with Gasteiger partial charge in [-0.25, -0.2) is 18.7 Å². The zero-order chi connectivity index (χ0) is 26.8. The van der Waals surface area contributed by atoms with Gasteiger partial charge in [0.05, 0.1) is 24.5 Å². The molecular formula is C28H38F2N6O2. The van der Waals surface area contributed by atoms with Gasteiger partial charge >= 0.3 is 0 Å². The molecule has 2 atom stereocenters. The Morgan fingerprint density at radius 2 is 1.89 bits per heavy atom. The first-order chi connectivity index (χ1) is 18.4. The van der Waals surface area contributed by atoms with Gasteiger partial charge in [-0.05, 0) is 56.7 Å². The van der Waals surface area contributed by atoms with Crippen LogP contribution >= 0.6 is 0 Å². The van der Waals surface area contributed by atoms with Crippen molar-refractivity contribution in [2.24, 2.45) is 0 Å². The fourth-order valence-electron chi connectivity index (χ4n) is 5.97. The smallest absolute Gasteiger partial charge is 0.271 e. The highest BCUT2D eigenvalue weighted by atomic mass is 19.2. The molecular weight excluding hydrogens is 490 g/mol. The number of carbonyl (C=O) groups excluding carboxylic acids is 1. The molecule has 1 aromatic heterocycles. The van der Waals surface area contributed by atoms with E-state index >= 15 is 0 Å². The molecule has 1 amide bonds. The van der Waals surface area contributed by atoms with Crippen molar-refractivity contribution >= 4 is 11.7 Å². The number of piperazine rings is 1. The van der Waals surface area contributed by atoms with Gasteiger partial charge in [0.1, 0.15) is 11.5 Å². The molecule has 1 aliphatic carbocycles. The Morgan fingerprint density at radius 3 is 2.53 bits per heavy atom. The van der Waals surface area contributed by atoms with Crippen molar-refractivity contribution in [1.82, 2.24) is 25.1 Å². The molecule has 0 bridgehead atoms. The molecule has 38 heavy (non-hydrogen) atoms. The molecule has 2 N–H and O–H groups in total. The van der Waals surface area contributed by atoms with E-state index in [-0.39, 0.29) is 24.6 Å². The standard InChI is InChI=1S/C28H38F2N6O2/c1-3-21-16-35(27-18(2)32-25(15-31-27)28(38)33-20-5-6-20)12-13-36(21)22-8-10-34(11-9-22)26(17-37)19-4-7-23(29)24(30)14-19/h4,7,14-15,20-22,26,37H,3,5-6,8-13,16-17H2,1-2H3,(H,33,38)/t21-,26-/m0/s1. The number of likely N-dealkylation sites (tertiary alicyclic amines) is 1. The summed E-state index contributed by atoms with van der Waals surface area (Å²) in [6, 6.07) is 4.66. The number of carbonyl (C=O) groups is 1. The molecule has 3 heterocycles. The number of hydrogen-bond acceptors (Lipinski definition) is 7. The minimum absolute atomic E-state index is 0.132. The maximum atomic E-state index is 13.8. The Kier molecular flexibility index (Phi) is 8.20. The van der Waals surface area contributed by atoms with E-state index in [0.29, 0.717) is 23.3 Å². The summed E-state index contributed by atoms with van der Waals surface area (Å²) in [5, 5.41) is 13.0. The monoisotopic (exact) mass is 528 g/mol. The van der Waals surface area contributed by atoms with E-state index in [1.807, 2.05) is 6.92 Å². The van der Waals surface area contributed by atoms with Gasteiger partial charge in [-0.3, -0.25) is 14.6 Å². The average molecular weight is 529 g/mol. The average Bonchev–Trinajstić information content (AvgIpc) is 3.75. The molecule has 2 aromatic rings. The molecule has 8 nitrogen and oxygen atoms in total. The van der Waals surface area contributed by atoms with Gasteiger partial charge < -0.3 is 15.3 Å². The maximum Gasteiger partial charge on any atom is 0.271 e. The summed E-state index contributed by atoms with van der Waals surface area (Å²) in [5.74, 6) is -1.05. The lowest BCUT2D eigenvalue weighted by Gasteiger charge is -2.48. The number of nitrogens with one attached hydrogen (secondary N) is 1. The van der Waals surface area contributed by atoms with Crippen molar-refractivity contribution in [3.63, 3.8) is 0 Å². The Bertz CT molecular complexity index is 1140. The summed E-state index contributed by atoms with van der Waals surface area (Å²) in [4.78, 5) is 28.6. The van der Waals surface area contributed by atoms with E-state index in [4.69, 9.17) is 0 Å². The molecule has 0 radical (unpaired) electrons. The summed E-state index contributed by atoms with van der Waals surface area (Å²) >= 11 is 0. The molecule has 5 rings (SSSR count). The van der Waals surface area contributed by atoms with Crippen molar-refractivity contribution in [2.45, 2.75) is 70.1 Å². The summed E-state index contributed by atoms with van der Waals surface area (Å²) in [6.07, 6.45) is 6.59. The third-order valence-electron chi connectivity index (χ3n) is 8.28. The van der Waals surface area contributed by atoms with E-state index in [2.05, 4.69) is 36.9 Å². The number of halogens is 2. The lowest BCUT2D eigenvalue weighted by atomic mass is 9.95. The van der Waals surface area contributed by atoms with Gasteiger partial charge in [-0.1, -0.05) is 13.0 Å². The quantitative estimate of drug-likeness (QED) is 0.545. The van der Waals surface area contributed by atoms with Crippen LogP contribution in [0.4, 0.5) is 14.6 Å². The normalized spacial score (nSPS) is 22.4. The molecule has 3 fully saturated rings. The molecule has 2 aliphatic heterocycles. The lowest BCUT2D eigenvalue weighted by Crippen LogP contribution is -2.58. The number of piperidine rings is 1. The van der Waals surface area contributed by atoms with Gasteiger partial charge in [-0.2, -0.15) is 0 Å². The van der Waals surface area contributed by atoms with E-state index < -0.39 is 11.6 Å². The zero-order valence-electron chi connectivity index (χ0n) is 22.2. The molecule has 206 valence electrons. The van der Waals surface area contributed by atoms with Crippen LogP contribution in [0.5, 0.6) is 0 Å². The highest BCUT2D eigenvalue weighted by molar-refractivity contribution is 5.92. The molecule has 1 saturated carbocycles. The summed E-state index contributed by atoms with van der Waals surface area (Å²) in [5.41, 5.74) is 1.76. The number of aliphatic hydroxyl groups is 1. The SMILES string of the molecule is CC[C@H]1CN(c2ncc(C(=O)NC3CC3)nc2C)CCN1C1CCN([C@@H](CO)c2ccc(F)c(F)c2)CC1. The number of rotatable bonds is 8. The number of nitrogens with zero attached hydrogens (tertiary/aromatic N) is 5. The van der Waals surface area contributed by atoms with Crippen LogP contribution in [0.2, 0.25) is 0 Å². The number of aryl methyl sites for hydroxylation is 1. The van der Waals surface area contributed by atoms with Crippen molar-refractivity contribution in [3.8, 4) is 0 Å². The summed E-state index contributed by atoms with van der Waals surface area (Å²) in [7, 11) is 0. The minimum atomic E-state index is -0.879. The van der Waals surface area contributed by atoms with Crippen molar-refractivity contribution in [2.75, 3.05) is 44.2 Å². The molecule has 0 spiro atoms. The van der Waals surface area contributed by atoms with Gasteiger partial charge in [-0.15, -0.1) is 0 Å². The number of aromatic nitrogens is 2. The first kappa shape index (κ1) is 26.9. The number of amides is 1. The van der Waals surface area contributed by atoms with Crippen LogP contribution in [0.3, 0.4) is 0 Å². The van der Waals surface area contributed by atoms with Crippen LogP contribution in [0.1, 0.15) is 66.8 Å². The first-order valence-corrected chi connectivity index (χ1v) is 13.8. The Labute approximate surface area is 223 Å². The van der Waals surface area contributed by atoms with Crippen LogP contribution in [-0.4, -0.2) is 88.2 Å². The van der Waals surface area contributed by atoms with Crippen LogP contribution in [0, 0.1) is 18.6 Å². The molecule has 3 aliphatic rings. The van der Waals surface area contributed by atoms with Crippen LogP contribution in [0.25, 0.3) is 0 Å². The fourth-order valence-corrected chi connectivity index (χ4v) is 5.97. The van der Waals surface area contributed by atoms with Gasteiger partial charge in [0, 0.05) is 50.8 Å². The lowest BCUT2D eigenvalue weighted by molar-refractivity contribution is 0.0355. The minimum Gasteiger partial charge on any atom is -0.394 e. The van der Waals surface area contributed by atoms with Gasteiger partial charge in [0.15, 0.2) is 11.6 Å². The van der Waals surface area contributed by atoms with E-state index in [0.717, 1.165) is 82.4 Å². The zero-order valence-corrected chi connectivity index (χ0v) is 22.2. The Balaban J connectivity index is 1.19. The van der Waals surface area contributed by atoms with Gasteiger partial charge in [0.25, 0.3) is 5.91 Å². The van der Waals surface area contributed by atoms with E-state index in [1.165, 1.54) is 6.07 Å². The molecule has 1 aromatic carbocycles. The number of anilines is 1. The molecule has 10 heteroatoms. The summed E-state index contributed by atoms with van der Waals surface area (Å²) < 4.78 is 27.2. The van der Waals surface area contributed by atoms with Crippen molar-refractivity contribution < 1.29 is 18.7 Å². The largest absolute Gasteiger partial charge is 0.394 e. The third-order valence-corrected chi connectivity index (χ3v) is 8.28. The Hall–Kier alpha value is -2.69. The van der Waals surface area contributed by atoms with Gasteiger partial charge in [0.2, 0.25) is 0 Å². The number of hydrogen-bond donors (Lipinski definition) is 2. The predicted molar refractivity (Wildman–Crippen MR) is 141 cm³/mol. The number of benzene rings is 1. The topological polar surface area (TPSA) is 84.8 Å². The maximum absolute atomic E-state index is 13.8. The van der Waals surface area contributed by atoms with Crippen molar-refractivity contribution in [3.05, 3.63) is 53.0 Å². The predicted octanol–water partition coefficient (Wildman–Crippen LogP) is 3.05. The van der Waals surface area contributed by atoms with Crippen molar-refractivity contribution in [1.29, 1.82) is 0 Å². The third kappa shape index (κ3) is 5.82. The summed E-state index contributed by atoms with van der Waals surface area (Å²) in [6.45, 7) is 8.20. The Morgan fingerprint density at radius 1 is 1.13 bits per heavy atom. The second-order valence-electron chi connectivity index (χ2n) is 10.8.